The Morgan fingerprint density at radius 2 is 0.967 bits per heavy atom. The first-order valence-corrected chi connectivity index (χ1v) is 12.7. The standard InChI is InChI=1S/C24H31P.BF4/c1-4-10-20(11-5-1)21-16-18-24(19-17-21)25(22-12-6-2-7-13-22)23-14-8-3-9-15-23;2-1(3,4)5/h1,4-5,10-11,16-19,22-23H,2-3,6-9,12-15H2;/q;-1. The Labute approximate surface area is 179 Å². The molecule has 2 aromatic rings. The molecule has 0 aliphatic heterocycles. The van der Waals surface area contributed by atoms with E-state index in [4.69, 9.17) is 0 Å². The smallest absolute Gasteiger partial charge is 0.418 e. The van der Waals surface area contributed by atoms with Crippen molar-refractivity contribution in [3.63, 3.8) is 0 Å². The van der Waals surface area contributed by atoms with E-state index < -0.39 is 7.25 Å². The molecule has 2 saturated carbocycles. The van der Waals surface area contributed by atoms with Gasteiger partial charge in [0.1, 0.15) is 0 Å². The summed E-state index contributed by atoms with van der Waals surface area (Å²) in [6.07, 6.45) is 14.8. The Balaban J connectivity index is 0.000000461. The summed E-state index contributed by atoms with van der Waals surface area (Å²) in [5.41, 5.74) is 4.70. The third-order valence-corrected chi connectivity index (χ3v) is 9.71. The lowest BCUT2D eigenvalue weighted by molar-refractivity contribution is 0.368. The van der Waals surface area contributed by atoms with E-state index in [1.54, 1.807) is 5.30 Å². The van der Waals surface area contributed by atoms with Crippen LogP contribution >= 0.6 is 7.92 Å². The van der Waals surface area contributed by atoms with Crippen LogP contribution in [-0.2, 0) is 0 Å². The van der Waals surface area contributed by atoms with Crippen molar-refractivity contribution in [2.75, 3.05) is 0 Å². The molecule has 164 valence electrons. The predicted octanol–water partition coefficient (Wildman–Crippen LogP) is 8.43. The quantitative estimate of drug-likeness (QED) is 0.256. The van der Waals surface area contributed by atoms with Crippen LogP contribution in [0.25, 0.3) is 11.1 Å². The van der Waals surface area contributed by atoms with Crippen LogP contribution < -0.4 is 5.30 Å². The van der Waals surface area contributed by atoms with E-state index in [9.17, 15) is 17.3 Å². The highest BCUT2D eigenvalue weighted by molar-refractivity contribution is 7.67. The van der Waals surface area contributed by atoms with Gasteiger partial charge < -0.3 is 17.3 Å². The largest absolute Gasteiger partial charge is 0.673 e. The lowest BCUT2D eigenvalue weighted by Gasteiger charge is -2.38. The van der Waals surface area contributed by atoms with Crippen LogP contribution in [-0.4, -0.2) is 18.6 Å². The SMILES string of the molecule is F[B-](F)(F)F.c1ccc(-c2ccc(P(C3CCCCC3)C3CCCCC3)cc2)cc1. The maximum absolute atomic E-state index is 9.75. The summed E-state index contributed by atoms with van der Waals surface area (Å²) >= 11 is 0. The predicted molar refractivity (Wildman–Crippen MR) is 122 cm³/mol. The highest BCUT2D eigenvalue weighted by atomic mass is 31.1. The van der Waals surface area contributed by atoms with Crippen LogP contribution in [0.1, 0.15) is 64.2 Å². The molecule has 2 aliphatic carbocycles. The molecule has 0 heterocycles. The molecule has 0 spiro atoms. The summed E-state index contributed by atoms with van der Waals surface area (Å²) in [7, 11) is -5.97. The summed E-state index contributed by atoms with van der Waals surface area (Å²) in [5, 5.41) is 1.69. The van der Waals surface area contributed by atoms with Crippen molar-refractivity contribution in [1.82, 2.24) is 0 Å². The molecule has 4 rings (SSSR count). The normalized spacial score (nSPS) is 18.7. The van der Waals surface area contributed by atoms with Gasteiger partial charge in [-0.15, -0.1) is 0 Å². The van der Waals surface area contributed by atoms with Crippen molar-refractivity contribution in [1.29, 1.82) is 0 Å². The topological polar surface area (TPSA) is 0 Å². The van der Waals surface area contributed by atoms with Gasteiger partial charge in [-0.1, -0.05) is 101 Å². The van der Waals surface area contributed by atoms with Crippen molar-refractivity contribution < 1.29 is 17.3 Å². The van der Waals surface area contributed by atoms with Crippen molar-refractivity contribution in [3.8, 4) is 11.1 Å². The van der Waals surface area contributed by atoms with Gasteiger partial charge >= 0.3 is 7.25 Å². The van der Waals surface area contributed by atoms with Gasteiger partial charge in [0.25, 0.3) is 0 Å². The maximum atomic E-state index is 9.75. The van der Waals surface area contributed by atoms with Gasteiger partial charge in [-0.25, -0.2) is 0 Å². The Hall–Kier alpha value is -1.35. The Bertz CT molecular complexity index is 712. The average Bonchev–Trinajstić information content (AvgIpc) is 2.76. The molecule has 0 bridgehead atoms. The summed E-state index contributed by atoms with van der Waals surface area (Å²) in [6.45, 7) is 0. The van der Waals surface area contributed by atoms with Crippen LogP contribution in [0.3, 0.4) is 0 Å². The van der Waals surface area contributed by atoms with E-state index in [0.29, 0.717) is 0 Å². The van der Waals surface area contributed by atoms with Crippen LogP contribution in [0.5, 0.6) is 0 Å². The number of hydrogen-bond donors (Lipinski definition) is 0. The molecule has 0 radical (unpaired) electrons. The molecule has 0 unspecified atom stereocenters. The molecule has 6 heteroatoms. The van der Waals surface area contributed by atoms with E-state index in [0.717, 1.165) is 11.3 Å². The van der Waals surface area contributed by atoms with Gasteiger partial charge in [0.15, 0.2) is 0 Å². The molecule has 2 fully saturated rings. The first-order valence-electron chi connectivity index (χ1n) is 11.2. The minimum absolute atomic E-state index is 0.0266. The number of rotatable bonds is 4. The fourth-order valence-corrected chi connectivity index (χ4v) is 8.67. The summed E-state index contributed by atoms with van der Waals surface area (Å²) in [6, 6.07) is 20.6. The fraction of sp³-hybridized carbons (Fsp3) is 0.500. The van der Waals surface area contributed by atoms with E-state index in [-0.39, 0.29) is 7.92 Å². The number of halogens is 4. The Kier molecular flexibility index (Phi) is 8.80. The van der Waals surface area contributed by atoms with E-state index in [1.807, 2.05) is 0 Å². The second-order valence-corrected chi connectivity index (χ2v) is 11.2. The van der Waals surface area contributed by atoms with Gasteiger partial charge in [0, 0.05) is 0 Å². The summed E-state index contributed by atoms with van der Waals surface area (Å²) < 4.78 is 39.0. The molecule has 0 aromatic heterocycles. The van der Waals surface area contributed by atoms with Crippen LogP contribution in [0.15, 0.2) is 54.6 Å². The van der Waals surface area contributed by atoms with Crippen molar-refractivity contribution >= 4 is 20.5 Å². The third-order valence-electron chi connectivity index (χ3n) is 6.21. The third kappa shape index (κ3) is 7.41. The molecule has 0 amide bonds. The van der Waals surface area contributed by atoms with E-state index in [1.165, 1.54) is 75.3 Å². The number of benzene rings is 2. The Morgan fingerprint density at radius 1 is 0.567 bits per heavy atom. The van der Waals surface area contributed by atoms with Gasteiger partial charge in [-0.3, -0.25) is 0 Å². The minimum Gasteiger partial charge on any atom is -0.418 e. The van der Waals surface area contributed by atoms with Crippen LogP contribution in [0.4, 0.5) is 17.3 Å². The molecule has 2 aromatic carbocycles. The number of hydrogen-bond acceptors (Lipinski definition) is 0. The van der Waals surface area contributed by atoms with Gasteiger partial charge in [0.05, 0.1) is 0 Å². The molecule has 0 atom stereocenters. The van der Waals surface area contributed by atoms with Gasteiger partial charge in [-0.05, 0) is 53.4 Å². The van der Waals surface area contributed by atoms with Crippen molar-refractivity contribution in [2.24, 2.45) is 0 Å². The molecular weight excluding hydrogens is 406 g/mol. The molecule has 0 nitrogen and oxygen atoms in total. The Morgan fingerprint density at radius 3 is 1.40 bits per heavy atom. The zero-order chi connectivity index (χ0) is 21.4. The minimum atomic E-state index is -6.00. The zero-order valence-corrected chi connectivity index (χ0v) is 18.4. The molecule has 30 heavy (non-hydrogen) atoms. The summed E-state index contributed by atoms with van der Waals surface area (Å²) in [4.78, 5) is 0. The maximum Gasteiger partial charge on any atom is 0.673 e. The average molecular weight is 437 g/mol. The lowest BCUT2D eigenvalue weighted by atomic mass is 9.99. The van der Waals surface area contributed by atoms with Crippen molar-refractivity contribution in [2.45, 2.75) is 75.5 Å². The molecular formula is C24H31BF4P-. The highest BCUT2D eigenvalue weighted by Gasteiger charge is 2.32. The van der Waals surface area contributed by atoms with Gasteiger partial charge in [-0.2, -0.15) is 0 Å². The zero-order valence-electron chi connectivity index (χ0n) is 17.5. The van der Waals surface area contributed by atoms with Crippen LogP contribution in [0, 0.1) is 0 Å². The molecule has 2 aliphatic rings. The van der Waals surface area contributed by atoms with E-state index in [2.05, 4.69) is 54.6 Å². The molecule has 0 saturated heterocycles. The highest BCUT2D eigenvalue weighted by Crippen LogP contribution is 2.54. The van der Waals surface area contributed by atoms with Crippen LogP contribution in [0.2, 0.25) is 0 Å². The van der Waals surface area contributed by atoms with Gasteiger partial charge in [0.2, 0.25) is 0 Å². The second kappa shape index (κ2) is 11.3. The monoisotopic (exact) mass is 437 g/mol. The van der Waals surface area contributed by atoms with E-state index >= 15 is 0 Å². The lowest BCUT2D eigenvalue weighted by Crippen LogP contribution is -2.26. The fourth-order valence-electron chi connectivity index (χ4n) is 4.89. The first-order chi connectivity index (χ1) is 14.4. The summed E-state index contributed by atoms with van der Waals surface area (Å²) in [5.74, 6) is 0. The van der Waals surface area contributed by atoms with Crippen molar-refractivity contribution in [3.05, 3.63) is 54.6 Å². The molecule has 0 N–H and O–H groups in total. The first kappa shape index (κ1) is 23.3. The second-order valence-electron chi connectivity index (χ2n) is 8.40.